The third kappa shape index (κ3) is 3.31. The summed E-state index contributed by atoms with van der Waals surface area (Å²) in [6.45, 7) is 12.2. The van der Waals surface area contributed by atoms with Gasteiger partial charge in [0.25, 0.3) is 0 Å². The summed E-state index contributed by atoms with van der Waals surface area (Å²) in [5, 5.41) is 3.56. The zero-order valence-corrected chi connectivity index (χ0v) is 13.2. The average molecular weight is 266 g/mol. The maximum absolute atomic E-state index is 12.6. The number of carbonyl (C=O) groups excluding carboxylic acids is 1. The van der Waals surface area contributed by atoms with Crippen LogP contribution in [0.3, 0.4) is 0 Å². The second-order valence-corrected chi connectivity index (χ2v) is 7.53. The molecule has 0 aromatic heterocycles. The molecule has 1 N–H and O–H groups in total. The van der Waals surface area contributed by atoms with Gasteiger partial charge in [0.1, 0.15) is 0 Å². The van der Waals surface area contributed by atoms with E-state index in [9.17, 15) is 4.79 Å². The molecule has 3 unspecified atom stereocenters. The van der Waals surface area contributed by atoms with Crippen LogP contribution in [0.25, 0.3) is 0 Å². The molecule has 0 bridgehead atoms. The lowest BCUT2D eigenvalue weighted by Crippen LogP contribution is -2.39. The van der Waals surface area contributed by atoms with E-state index in [0.29, 0.717) is 23.2 Å². The molecule has 1 saturated carbocycles. The second kappa shape index (κ2) is 5.43. The van der Waals surface area contributed by atoms with E-state index in [1.165, 1.54) is 6.42 Å². The highest BCUT2D eigenvalue weighted by atomic mass is 16.2. The first kappa shape index (κ1) is 14.8. The van der Waals surface area contributed by atoms with Crippen LogP contribution in [0, 0.1) is 17.3 Å². The second-order valence-electron chi connectivity index (χ2n) is 7.53. The fourth-order valence-electron chi connectivity index (χ4n) is 3.24. The van der Waals surface area contributed by atoms with Crippen molar-refractivity contribution in [3.05, 3.63) is 0 Å². The largest absolute Gasteiger partial charge is 0.325 e. The maximum atomic E-state index is 12.6. The first-order valence-electron chi connectivity index (χ1n) is 7.91. The Balaban J connectivity index is 1.99. The van der Waals surface area contributed by atoms with Crippen LogP contribution in [-0.4, -0.2) is 29.6 Å². The predicted octanol–water partition coefficient (Wildman–Crippen LogP) is 3.01. The van der Waals surface area contributed by atoms with Gasteiger partial charge in [-0.1, -0.05) is 41.0 Å². The zero-order chi connectivity index (χ0) is 14.2. The fourth-order valence-corrected chi connectivity index (χ4v) is 3.24. The highest BCUT2D eigenvalue weighted by Crippen LogP contribution is 2.52. The van der Waals surface area contributed by atoms with Gasteiger partial charge in [0.05, 0.1) is 12.2 Å². The summed E-state index contributed by atoms with van der Waals surface area (Å²) in [5.74, 6) is 1.62. The van der Waals surface area contributed by atoms with Crippen molar-refractivity contribution < 1.29 is 4.79 Å². The van der Waals surface area contributed by atoms with E-state index in [-0.39, 0.29) is 12.2 Å². The van der Waals surface area contributed by atoms with E-state index >= 15 is 0 Å². The van der Waals surface area contributed by atoms with Crippen molar-refractivity contribution in [1.82, 2.24) is 10.2 Å². The van der Waals surface area contributed by atoms with Crippen LogP contribution in [-0.2, 0) is 4.79 Å². The van der Waals surface area contributed by atoms with Crippen molar-refractivity contribution in [1.29, 1.82) is 0 Å². The third-order valence-electron chi connectivity index (χ3n) is 4.75. The van der Waals surface area contributed by atoms with Crippen LogP contribution in [0.4, 0.5) is 0 Å². The fraction of sp³-hybridized carbons (Fsp3) is 0.938. The summed E-state index contributed by atoms with van der Waals surface area (Å²) in [4.78, 5) is 14.7. The Kier molecular flexibility index (Phi) is 4.24. The lowest BCUT2D eigenvalue weighted by Gasteiger charge is -2.24. The Morgan fingerprint density at radius 3 is 2.53 bits per heavy atom. The molecule has 3 heteroatoms. The van der Waals surface area contributed by atoms with Gasteiger partial charge < -0.3 is 4.90 Å². The molecule has 1 aliphatic carbocycles. The van der Waals surface area contributed by atoms with Crippen LogP contribution >= 0.6 is 0 Å². The maximum Gasteiger partial charge on any atom is 0.241 e. The number of nitrogens with zero attached hydrogens (tertiary/aromatic N) is 1. The summed E-state index contributed by atoms with van der Waals surface area (Å²) >= 11 is 0. The Bertz CT molecular complexity index is 338. The first-order valence-corrected chi connectivity index (χ1v) is 7.91. The number of hydrogen-bond acceptors (Lipinski definition) is 2. The molecule has 2 rings (SSSR count). The molecule has 0 spiro atoms. The molecule has 3 nitrogen and oxygen atoms in total. The molecule has 3 atom stereocenters. The summed E-state index contributed by atoms with van der Waals surface area (Å²) in [7, 11) is 0. The van der Waals surface area contributed by atoms with Crippen molar-refractivity contribution in [3.8, 4) is 0 Å². The van der Waals surface area contributed by atoms with Crippen LogP contribution in [0.2, 0.25) is 0 Å². The number of rotatable bonds is 6. The molecular weight excluding hydrogens is 236 g/mol. The molecule has 1 saturated heterocycles. The van der Waals surface area contributed by atoms with Gasteiger partial charge in [0, 0.05) is 6.54 Å². The predicted molar refractivity (Wildman–Crippen MR) is 78.7 cm³/mol. The third-order valence-corrected chi connectivity index (χ3v) is 4.75. The molecule has 2 aliphatic rings. The summed E-state index contributed by atoms with van der Waals surface area (Å²) in [6.07, 6.45) is 4.71. The topological polar surface area (TPSA) is 32.3 Å². The standard InChI is InChI=1S/C16H30N2O/c1-6-7-14-17-13(8-11(2)3)15(19)18(14)10-12-9-16(12,4)5/h11-14,17H,6-10H2,1-5H3. The highest BCUT2D eigenvalue weighted by Gasteiger charge is 2.49. The number of hydrogen-bond donors (Lipinski definition) is 1. The Morgan fingerprint density at radius 1 is 1.42 bits per heavy atom. The first-order chi connectivity index (χ1) is 8.85. The lowest BCUT2D eigenvalue weighted by molar-refractivity contribution is -0.130. The smallest absolute Gasteiger partial charge is 0.241 e. The quantitative estimate of drug-likeness (QED) is 0.801. The summed E-state index contributed by atoms with van der Waals surface area (Å²) < 4.78 is 0. The van der Waals surface area contributed by atoms with E-state index in [2.05, 4.69) is 44.8 Å². The Hall–Kier alpha value is -0.570. The van der Waals surface area contributed by atoms with Gasteiger partial charge in [-0.15, -0.1) is 0 Å². The SMILES string of the molecule is CCCC1NC(CC(C)C)C(=O)N1CC1CC1(C)C. The molecule has 110 valence electrons. The Morgan fingerprint density at radius 2 is 2.05 bits per heavy atom. The van der Waals surface area contributed by atoms with Gasteiger partial charge in [-0.3, -0.25) is 10.1 Å². The van der Waals surface area contributed by atoms with Gasteiger partial charge in [-0.25, -0.2) is 0 Å². The number of carbonyl (C=O) groups is 1. The minimum absolute atomic E-state index is 0.0541. The number of amides is 1. The molecule has 19 heavy (non-hydrogen) atoms. The van der Waals surface area contributed by atoms with Crippen LogP contribution in [0.15, 0.2) is 0 Å². The molecular formula is C16H30N2O. The van der Waals surface area contributed by atoms with Crippen LogP contribution < -0.4 is 5.32 Å². The van der Waals surface area contributed by atoms with E-state index < -0.39 is 0 Å². The minimum atomic E-state index is 0.0541. The van der Waals surface area contributed by atoms with E-state index in [4.69, 9.17) is 0 Å². The molecule has 0 aromatic carbocycles. The molecule has 1 aliphatic heterocycles. The monoisotopic (exact) mass is 266 g/mol. The van der Waals surface area contributed by atoms with Crippen molar-refractivity contribution in [2.24, 2.45) is 17.3 Å². The number of nitrogens with one attached hydrogen (secondary N) is 1. The van der Waals surface area contributed by atoms with Gasteiger partial charge >= 0.3 is 0 Å². The van der Waals surface area contributed by atoms with Gasteiger partial charge in [-0.2, -0.15) is 0 Å². The van der Waals surface area contributed by atoms with Crippen LogP contribution in [0.5, 0.6) is 0 Å². The van der Waals surface area contributed by atoms with Gasteiger partial charge in [0.15, 0.2) is 0 Å². The summed E-state index contributed by atoms with van der Waals surface area (Å²) in [5.41, 5.74) is 0.452. The molecule has 1 heterocycles. The normalized spacial score (nSPS) is 33.3. The molecule has 0 aromatic rings. The molecule has 1 amide bonds. The highest BCUT2D eigenvalue weighted by molar-refractivity contribution is 5.84. The van der Waals surface area contributed by atoms with Crippen molar-refractivity contribution in [2.45, 2.75) is 72.5 Å². The van der Waals surface area contributed by atoms with Gasteiger partial charge in [-0.05, 0) is 36.5 Å². The van der Waals surface area contributed by atoms with Crippen molar-refractivity contribution >= 4 is 5.91 Å². The van der Waals surface area contributed by atoms with Gasteiger partial charge in [0.2, 0.25) is 5.91 Å². The van der Waals surface area contributed by atoms with E-state index in [1.807, 2.05) is 0 Å². The zero-order valence-electron chi connectivity index (χ0n) is 13.2. The lowest BCUT2D eigenvalue weighted by atomic mass is 10.0. The molecule has 2 fully saturated rings. The van der Waals surface area contributed by atoms with Crippen molar-refractivity contribution in [2.75, 3.05) is 6.54 Å². The summed E-state index contributed by atoms with van der Waals surface area (Å²) in [6, 6.07) is 0.0541. The van der Waals surface area contributed by atoms with E-state index in [1.54, 1.807) is 0 Å². The van der Waals surface area contributed by atoms with E-state index in [0.717, 1.165) is 25.8 Å². The van der Waals surface area contributed by atoms with Crippen molar-refractivity contribution in [3.63, 3.8) is 0 Å². The average Bonchev–Trinajstić information content (AvgIpc) is 2.80. The minimum Gasteiger partial charge on any atom is -0.325 e. The van der Waals surface area contributed by atoms with Crippen LogP contribution in [0.1, 0.15) is 60.3 Å². The Labute approximate surface area is 118 Å². The molecule has 0 radical (unpaired) electrons.